The van der Waals surface area contributed by atoms with Crippen molar-refractivity contribution in [2.45, 2.75) is 43.8 Å². The van der Waals surface area contributed by atoms with Crippen LogP contribution in [0.4, 0.5) is 0 Å². The van der Waals surface area contributed by atoms with Gasteiger partial charge in [0.25, 0.3) is 0 Å². The first-order valence-corrected chi connectivity index (χ1v) is 10.8. The van der Waals surface area contributed by atoms with E-state index in [1.54, 1.807) is 0 Å². The van der Waals surface area contributed by atoms with Gasteiger partial charge >= 0.3 is 0 Å². The van der Waals surface area contributed by atoms with Crippen molar-refractivity contribution < 1.29 is 14.4 Å². The van der Waals surface area contributed by atoms with Crippen molar-refractivity contribution in [2.75, 3.05) is 6.54 Å². The lowest BCUT2D eigenvalue weighted by atomic mass is 10.0. The van der Waals surface area contributed by atoms with Gasteiger partial charge in [0, 0.05) is 13.0 Å². The maximum Gasteiger partial charge on any atom is 0.243 e. The van der Waals surface area contributed by atoms with Gasteiger partial charge in [0.15, 0.2) is 5.96 Å². The zero-order chi connectivity index (χ0) is 24.1. The van der Waals surface area contributed by atoms with E-state index in [0.29, 0.717) is 32.1 Å². The average molecular weight is 453 g/mol. The lowest BCUT2D eigenvalue weighted by Crippen LogP contribution is -2.54. The van der Waals surface area contributed by atoms with Crippen LogP contribution in [0, 0.1) is 0 Å². The number of carbonyl (C=O) groups is 3. The summed E-state index contributed by atoms with van der Waals surface area (Å²) in [4.78, 5) is 41.1. The second-order valence-corrected chi connectivity index (χ2v) is 7.75. The number of benzene rings is 2. The summed E-state index contributed by atoms with van der Waals surface area (Å²) in [5.41, 5.74) is 18.5. The fourth-order valence-electron chi connectivity index (χ4n) is 3.28. The van der Waals surface area contributed by atoms with Crippen LogP contribution in [0.15, 0.2) is 65.7 Å². The number of nitrogens with zero attached hydrogens (tertiary/aromatic N) is 1. The van der Waals surface area contributed by atoms with Gasteiger partial charge in [-0.15, -0.1) is 0 Å². The number of amides is 2. The van der Waals surface area contributed by atoms with E-state index in [-0.39, 0.29) is 12.4 Å². The van der Waals surface area contributed by atoms with E-state index in [9.17, 15) is 14.4 Å². The highest BCUT2D eigenvalue weighted by molar-refractivity contribution is 5.91. The second-order valence-electron chi connectivity index (χ2n) is 7.75. The number of nitrogens with two attached hydrogens (primary N) is 3. The Bertz CT molecular complexity index is 916. The Morgan fingerprint density at radius 1 is 0.879 bits per heavy atom. The Morgan fingerprint density at radius 3 is 2.00 bits per heavy atom. The summed E-state index contributed by atoms with van der Waals surface area (Å²) in [5, 5.41) is 5.45. The fraction of sp³-hybridized carbons (Fsp3) is 0.333. The summed E-state index contributed by atoms with van der Waals surface area (Å²) in [7, 11) is 0. The highest BCUT2D eigenvalue weighted by atomic mass is 16.2. The molecular weight excluding hydrogens is 420 g/mol. The molecule has 0 aliphatic carbocycles. The van der Waals surface area contributed by atoms with Gasteiger partial charge in [-0.05, 0) is 30.4 Å². The van der Waals surface area contributed by atoms with Crippen LogP contribution >= 0.6 is 0 Å². The molecule has 0 saturated heterocycles. The number of guanidine groups is 1. The van der Waals surface area contributed by atoms with Crippen molar-refractivity contribution in [1.29, 1.82) is 0 Å². The molecule has 2 aromatic rings. The van der Waals surface area contributed by atoms with Gasteiger partial charge in [0.1, 0.15) is 12.3 Å². The third kappa shape index (κ3) is 9.53. The van der Waals surface area contributed by atoms with Gasteiger partial charge in [0.05, 0.1) is 12.1 Å². The molecule has 9 heteroatoms. The van der Waals surface area contributed by atoms with Gasteiger partial charge in [-0.1, -0.05) is 60.7 Å². The largest absolute Gasteiger partial charge is 0.370 e. The van der Waals surface area contributed by atoms with E-state index in [1.165, 1.54) is 0 Å². The minimum atomic E-state index is -0.887. The minimum absolute atomic E-state index is 0.0285. The standard InChI is InChI=1S/C24H32N6O3/c25-20(14-17-8-3-1-4-9-17)22(32)30-21(15-18-10-5-2-6-11-18)23(33)29-19(16-31)12-7-13-28-24(26)27/h1-6,8-11,16,19-21H,7,12-15,25H2,(H,29,33)(H,30,32)(H4,26,27,28)/t19-,20+,21+/m0/s1. The molecule has 0 radical (unpaired) electrons. The highest BCUT2D eigenvalue weighted by Crippen LogP contribution is 2.07. The van der Waals surface area contributed by atoms with E-state index in [1.807, 2.05) is 60.7 Å². The van der Waals surface area contributed by atoms with Gasteiger partial charge in [-0.25, -0.2) is 0 Å². The summed E-state index contributed by atoms with van der Waals surface area (Å²) >= 11 is 0. The number of carbonyl (C=O) groups excluding carboxylic acids is 3. The molecule has 2 amide bonds. The Labute approximate surface area is 193 Å². The van der Waals surface area contributed by atoms with Crippen LogP contribution in [0.3, 0.4) is 0 Å². The maximum atomic E-state index is 13.0. The van der Waals surface area contributed by atoms with Gasteiger partial charge in [-0.2, -0.15) is 0 Å². The first-order valence-electron chi connectivity index (χ1n) is 10.8. The molecule has 0 saturated carbocycles. The molecule has 8 N–H and O–H groups in total. The molecule has 0 aromatic heterocycles. The van der Waals surface area contributed by atoms with Crippen LogP contribution in [0.25, 0.3) is 0 Å². The predicted octanol–water partition coefficient (Wildman–Crippen LogP) is 0.0212. The Kier molecular flexibility index (Phi) is 10.6. The van der Waals surface area contributed by atoms with Crippen LogP contribution in [0.5, 0.6) is 0 Å². The fourth-order valence-corrected chi connectivity index (χ4v) is 3.28. The first-order chi connectivity index (χ1) is 15.9. The molecular formula is C24H32N6O3. The molecule has 9 nitrogen and oxygen atoms in total. The van der Waals surface area contributed by atoms with Crippen LogP contribution < -0.4 is 27.8 Å². The molecule has 0 spiro atoms. The summed E-state index contributed by atoms with van der Waals surface area (Å²) < 4.78 is 0. The van der Waals surface area contributed by atoms with E-state index in [0.717, 1.165) is 11.1 Å². The second kappa shape index (κ2) is 13.6. The van der Waals surface area contributed by atoms with E-state index >= 15 is 0 Å². The van der Waals surface area contributed by atoms with Crippen molar-refractivity contribution >= 4 is 24.1 Å². The average Bonchev–Trinajstić information content (AvgIpc) is 2.81. The number of rotatable bonds is 13. The molecule has 2 aromatic carbocycles. The van der Waals surface area contributed by atoms with Gasteiger partial charge < -0.3 is 32.6 Å². The number of nitrogens with one attached hydrogen (secondary N) is 2. The number of aldehydes is 1. The molecule has 0 aliphatic heterocycles. The molecule has 0 heterocycles. The van der Waals surface area contributed by atoms with Crippen molar-refractivity contribution in [3.63, 3.8) is 0 Å². The molecule has 3 atom stereocenters. The molecule has 0 aliphatic rings. The van der Waals surface area contributed by atoms with Crippen LogP contribution in [0.1, 0.15) is 24.0 Å². The Balaban J connectivity index is 2.03. The summed E-state index contributed by atoms with van der Waals surface area (Å²) in [5.74, 6) is -0.928. The van der Waals surface area contributed by atoms with Crippen molar-refractivity contribution in [3.05, 3.63) is 71.8 Å². The molecule has 176 valence electrons. The highest BCUT2D eigenvalue weighted by Gasteiger charge is 2.26. The predicted molar refractivity (Wildman–Crippen MR) is 128 cm³/mol. The zero-order valence-electron chi connectivity index (χ0n) is 18.5. The van der Waals surface area contributed by atoms with Crippen molar-refractivity contribution in [3.8, 4) is 0 Å². The van der Waals surface area contributed by atoms with Gasteiger partial charge in [0.2, 0.25) is 11.8 Å². The Morgan fingerprint density at radius 2 is 1.45 bits per heavy atom. The third-order valence-electron chi connectivity index (χ3n) is 5.01. The monoisotopic (exact) mass is 452 g/mol. The summed E-state index contributed by atoms with van der Waals surface area (Å²) in [6, 6.07) is 16.3. The molecule has 0 bridgehead atoms. The molecule has 0 fully saturated rings. The van der Waals surface area contributed by atoms with Gasteiger partial charge in [-0.3, -0.25) is 14.6 Å². The van der Waals surface area contributed by atoms with Crippen LogP contribution in [-0.4, -0.2) is 48.7 Å². The molecule has 0 unspecified atom stereocenters. The topological polar surface area (TPSA) is 166 Å². The SMILES string of the molecule is NC(N)=NCCC[C@@H](C=O)NC(=O)[C@@H](Cc1ccccc1)NC(=O)[C@H](N)Cc1ccccc1. The zero-order valence-corrected chi connectivity index (χ0v) is 18.5. The molecule has 33 heavy (non-hydrogen) atoms. The quantitative estimate of drug-likeness (QED) is 0.124. The van der Waals surface area contributed by atoms with Crippen molar-refractivity contribution in [2.24, 2.45) is 22.2 Å². The first kappa shape index (κ1) is 25.5. The maximum absolute atomic E-state index is 13.0. The summed E-state index contributed by atoms with van der Waals surface area (Å²) in [6.45, 7) is 0.348. The Hall–Kier alpha value is -3.72. The van der Waals surface area contributed by atoms with E-state index < -0.39 is 29.9 Å². The number of hydrogen-bond donors (Lipinski definition) is 5. The normalized spacial score (nSPS) is 13.2. The lowest BCUT2D eigenvalue weighted by molar-refractivity contribution is -0.130. The van der Waals surface area contributed by atoms with E-state index in [2.05, 4.69) is 15.6 Å². The smallest absolute Gasteiger partial charge is 0.243 e. The van der Waals surface area contributed by atoms with Crippen LogP contribution in [-0.2, 0) is 27.2 Å². The molecule has 2 rings (SSSR count). The minimum Gasteiger partial charge on any atom is -0.370 e. The van der Waals surface area contributed by atoms with E-state index in [4.69, 9.17) is 17.2 Å². The number of hydrogen-bond acceptors (Lipinski definition) is 5. The van der Waals surface area contributed by atoms with Crippen LogP contribution in [0.2, 0.25) is 0 Å². The summed E-state index contributed by atoms with van der Waals surface area (Å²) in [6.07, 6.45) is 2.14. The van der Waals surface area contributed by atoms with Crippen molar-refractivity contribution in [1.82, 2.24) is 10.6 Å². The lowest BCUT2D eigenvalue weighted by Gasteiger charge is -2.23. The number of aliphatic imine (C=N–C) groups is 1. The third-order valence-corrected chi connectivity index (χ3v) is 5.01.